The lowest BCUT2D eigenvalue weighted by Crippen LogP contribution is -2.46. The highest BCUT2D eigenvalue weighted by molar-refractivity contribution is 5.47. The molecule has 0 radical (unpaired) electrons. The average Bonchev–Trinajstić information content (AvgIpc) is 2.98. The number of nitrogens with zero attached hydrogens (tertiary/aromatic N) is 4. The molecule has 2 aliphatic heterocycles. The van der Waals surface area contributed by atoms with Crippen molar-refractivity contribution in [2.45, 2.75) is 31.3 Å². The first-order valence-corrected chi connectivity index (χ1v) is 7.48. The second-order valence-corrected chi connectivity index (χ2v) is 5.89. The molecule has 2 fully saturated rings. The minimum Gasteiger partial charge on any atom is -0.355 e. The lowest BCUT2D eigenvalue weighted by Gasteiger charge is -2.34. The van der Waals surface area contributed by atoms with Crippen molar-refractivity contribution in [1.82, 2.24) is 9.88 Å². The Morgan fingerprint density at radius 1 is 1.29 bits per heavy atom. The molecule has 0 spiro atoms. The molecule has 2 saturated heterocycles. The van der Waals surface area contributed by atoms with Crippen molar-refractivity contribution >= 4 is 11.5 Å². The highest BCUT2D eigenvalue weighted by Gasteiger charge is 2.30. The molecule has 7 heteroatoms. The van der Waals surface area contributed by atoms with Gasteiger partial charge in [-0.15, -0.1) is 0 Å². The van der Waals surface area contributed by atoms with Crippen LogP contribution < -0.4 is 10.6 Å². The van der Waals surface area contributed by atoms with Gasteiger partial charge < -0.3 is 10.6 Å². The Balaban J connectivity index is 1.64. The van der Waals surface area contributed by atoms with Gasteiger partial charge in [-0.25, -0.2) is 4.98 Å². The molecule has 114 valence electrons. The normalized spacial score (nSPS) is 24.4. The van der Waals surface area contributed by atoms with Crippen molar-refractivity contribution in [3.63, 3.8) is 0 Å². The predicted molar refractivity (Wildman–Crippen MR) is 80.3 cm³/mol. The van der Waals surface area contributed by atoms with Gasteiger partial charge in [0.1, 0.15) is 5.82 Å². The second kappa shape index (κ2) is 5.95. The summed E-state index contributed by atoms with van der Waals surface area (Å²) < 4.78 is 0. The summed E-state index contributed by atoms with van der Waals surface area (Å²) in [4.78, 5) is 19.4. The van der Waals surface area contributed by atoms with Gasteiger partial charge in [-0.2, -0.15) is 0 Å². The summed E-state index contributed by atoms with van der Waals surface area (Å²) >= 11 is 0. The summed E-state index contributed by atoms with van der Waals surface area (Å²) in [6, 6.07) is 3.85. The van der Waals surface area contributed by atoms with E-state index in [0.29, 0.717) is 17.9 Å². The van der Waals surface area contributed by atoms with Crippen LogP contribution >= 0.6 is 0 Å². The van der Waals surface area contributed by atoms with Gasteiger partial charge in [0.15, 0.2) is 0 Å². The number of nitro groups is 1. The average molecular weight is 291 g/mol. The van der Waals surface area contributed by atoms with E-state index in [1.807, 2.05) is 0 Å². The van der Waals surface area contributed by atoms with Crippen molar-refractivity contribution in [2.75, 3.05) is 31.1 Å². The molecule has 1 aromatic heterocycles. The number of hydrogen-bond donors (Lipinski definition) is 1. The van der Waals surface area contributed by atoms with E-state index >= 15 is 0 Å². The van der Waals surface area contributed by atoms with Gasteiger partial charge in [-0.1, -0.05) is 0 Å². The first kappa shape index (κ1) is 14.2. The van der Waals surface area contributed by atoms with Crippen LogP contribution in [0.5, 0.6) is 0 Å². The third-order valence-corrected chi connectivity index (χ3v) is 4.52. The van der Waals surface area contributed by atoms with E-state index in [1.54, 1.807) is 6.07 Å². The Morgan fingerprint density at radius 3 is 2.76 bits per heavy atom. The van der Waals surface area contributed by atoms with Crippen LogP contribution in [0.3, 0.4) is 0 Å². The first-order chi connectivity index (χ1) is 10.1. The lowest BCUT2D eigenvalue weighted by molar-refractivity contribution is -0.384. The summed E-state index contributed by atoms with van der Waals surface area (Å²) in [5.74, 6) is 0.709. The topological polar surface area (TPSA) is 88.5 Å². The van der Waals surface area contributed by atoms with Crippen LogP contribution in [-0.2, 0) is 0 Å². The SMILES string of the molecule is NC1CCN(C2CCN(c3cc([N+](=O)[O-])ccn3)C2)CC1. The van der Waals surface area contributed by atoms with Crippen LogP contribution in [0.4, 0.5) is 11.5 Å². The number of likely N-dealkylation sites (tertiary alicyclic amines) is 1. The number of rotatable bonds is 3. The van der Waals surface area contributed by atoms with E-state index in [2.05, 4.69) is 14.8 Å². The molecule has 3 heterocycles. The van der Waals surface area contributed by atoms with Crippen LogP contribution in [-0.4, -0.2) is 53.1 Å². The molecule has 1 unspecified atom stereocenters. The fourth-order valence-electron chi connectivity index (χ4n) is 3.23. The molecule has 3 rings (SSSR count). The molecule has 2 N–H and O–H groups in total. The van der Waals surface area contributed by atoms with E-state index in [1.165, 1.54) is 12.3 Å². The maximum absolute atomic E-state index is 10.8. The molecular formula is C14H21N5O2. The van der Waals surface area contributed by atoms with Gasteiger partial charge in [-0.3, -0.25) is 15.0 Å². The lowest BCUT2D eigenvalue weighted by atomic mass is 10.0. The van der Waals surface area contributed by atoms with Gasteiger partial charge in [0.2, 0.25) is 0 Å². The Labute approximate surface area is 123 Å². The fraction of sp³-hybridized carbons (Fsp3) is 0.643. The van der Waals surface area contributed by atoms with Crippen molar-refractivity contribution in [3.05, 3.63) is 28.4 Å². The van der Waals surface area contributed by atoms with Crippen LogP contribution in [0.25, 0.3) is 0 Å². The monoisotopic (exact) mass is 291 g/mol. The van der Waals surface area contributed by atoms with Gasteiger partial charge in [-0.05, 0) is 32.4 Å². The largest absolute Gasteiger partial charge is 0.355 e. The molecule has 0 aliphatic carbocycles. The quantitative estimate of drug-likeness (QED) is 0.660. The summed E-state index contributed by atoms with van der Waals surface area (Å²) in [7, 11) is 0. The number of aromatic nitrogens is 1. The molecular weight excluding hydrogens is 270 g/mol. The predicted octanol–water partition coefficient (Wildman–Crippen LogP) is 0.992. The van der Waals surface area contributed by atoms with Crippen molar-refractivity contribution in [1.29, 1.82) is 0 Å². The smallest absolute Gasteiger partial charge is 0.274 e. The van der Waals surface area contributed by atoms with Gasteiger partial charge in [0.05, 0.1) is 11.0 Å². The Bertz CT molecular complexity index is 516. The van der Waals surface area contributed by atoms with E-state index in [4.69, 9.17) is 5.73 Å². The maximum Gasteiger partial charge on any atom is 0.274 e. The zero-order chi connectivity index (χ0) is 14.8. The third kappa shape index (κ3) is 3.14. The minimum atomic E-state index is -0.370. The molecule has 1 atom stereocenters. The van der Waals surface area contributed by atoms with E-state index in [0.717, 1.165) is 45.4 Å². The number of hydrogen-bond acceptors (Lipinski definition) is 6. The highest BCUT2D eigenvalue weighted by atomic mass is 16.6. The Morgan fingerprint density at radius 2 is 2.05 bits per heavy atom. The van der Waals surface area contributed by atoms with Gasteiger partial charge in [0.25, 0.3) is 5.69 Å². The Hall–Kier alpha value is -1.73. The number of nitrogens with two attached hydrogens (primary N) is 1. The zero-order valence-electron chi connectivity index (χ0n) is 12.0. The Kier molecular flexibility index (Phi) is 4.03. The zero-order valence-corrected chi connectivity index (χ0v) is 12.0. The van der Waals surface area contributed by atoms with E-state index in [9.17, 15) is 10.1 Å². The van der Waals surface area contributed by atoms with Crippen molar-refractivity contribution < 1.29 is 4.92 Å². The number of pyridine rings is 1. The van der Waals surface area contributed by atoms with E-state index in [-0.39, 0.29) is 10.6 Å². The van der Waals surface area contributed by atoms with Gasteiger partial charge >= 0.3 is 0 Å². The minimum absolute atomic E-state index is 0.104. The third-order valence-electron chi connectivity index (χ3n) is 4.52. The molecule has 0 amide bonds. The standard InChI is InChI=1S/C14H21N5O2/c15-11-2-6-17(7-3-11)13-4-8-18(10-13)14-9-12(19(20)21)1-5-16-14/h1,5,9,11,13H,2-4,6-8,10,15H2. The summed E-state index contributed by atoms with van der Waals surface area (Å²) in [5.41, 5.74) is 6.05. The van der Waals surface area contributed by atoms with Crippen molar-refractivity contribution in [3.8, 4) is 0 Å². The molecule has 0 saturated carbocycles. The summed E-state index contributed by atoms with van der Waals surface area (Å²) in [6.07, 6.45) is 4.72. The van der Waals surface area contributed by atoms with Crippen LogP contribution in [0.2, 0.25) is 0 Å². The number of anilines is 1. The highest BCUT2D eigenvalue weighted by Crippen LogP contribution is 2.25. The van der Waals surface area contributed by atoms with Gasteiger partial charge in [0, 0.05) is 37.4 Å². The maximum atomic E-state index is 10.8. The fourth-order valence-corrected chi connectivity index (χ4v) is 3.23. The van der Waals surface area contributed by atoms with Crippen LogP contribution in [0.15, 0.2) is 18.3 Å². The van der Waals surface area contributed by atoms with Crippen molar-refractivity contribution in [2.24, 2.45) is 5.73 Å². The molecule has 21 heavy (non-hydrogen) atoms. The molecule has 7 nitrogen and oxygen atoms in total. The summed E-state index contributed by atoms with van der Waals surface area (Å²) in [6.45, 7) is 3.91. The molecule has 0 bridgehead atoms. The van der Waals surface area contributed by atoms with Crippen LogP contribution in [0.1, 0.15) is 19.3 Å². The summed E-state index contributed by atoms with van der Waals surface area (Å²) in [5, 5.41) is 10.8. The van der Waals surface area contributed by atoms with Crippen LogP contribution in [0, 0.1) is 10.1 Å². The second-order valence-electron chi connectivity index (χ2n) is 5.89. The van der Waals surface area contributed by atoms with E-state index < -0.39 is 0 Å². The first-order valence-electron chi connectivity index (χ1n) is 7.48. The molecule has 1 aromatic rings. The molecule has 2 aliphatic rings. The number of piperidine rings is 1. The molecule has 0 aromatic carbocycles.